The highest BCUT2D eigenvalue weighted by Crippen LogP contribution is 2.24. The van der Waals surface area contributed by atoms with Crippen LogP contribution in [-0.4, -0.2) is 37.5 Å². The van der Waals surface area contributed by atoms with Gasteiger partial charge in [0, 0.05) is 18.8 Å². The van der Waals surface area contributed by atoms with Crippen molar-refractivity contribution in [1.82, 2.24) is 4.31 Å². The third-order valence-corrected chi connectivity index (χ3v) is 6.24. The molecule has 0 saturated heterocycles. The van der Waals surface area contributed by atoms with E-state index in [0.29, 0.717) is 30.9 Å². The highest BCUT2D eigenvalue weighted by molar-refractivity contribution is 7.89. The van der Waals surface area contributed by atoms with Gasteiger partial charge in [0.25, 0.3) is 5.91 Å². The molecule has 2 aromatic carbocycles. The number of hydrogen-bond donors (Lipinski definition) is 1. The van der Waals surface area contributed by atoms with Gasteiger partial charge in [-0.15, -0.1) is 0 Å². The Morgan fingerprint density at radius 1 is 1.19 bits per heavy atom. The number of fused-ring (bicyclic) bond motifs is 1. The highest BCUT2D eigenvalue weighted by Gasteiger charge is 2.25. The number of nitrogens with one attached hydrogen (secondary N) is 1. The molecule has 6 nitrogen and oxygen atoms in total. The lowest BCUT2D eigenvalue weighted by atomic mass is 10.0. The quantitative estimate of drug-likeness (QED) is 0.820. The van der Waals surface area contributed by atoms with E-state index in [0.717, 1.165) is 11.1 Å². The Morgan fingerprint density at radius 3 is 2.63 bits per heavy atom. The van der Waals surface area contributed by atoms with Gasteiger partial charge < -0.3 is 10.1 Å². The molecule has 1 aliphatic heterocycles. The second-order valence-electron chi connectivity index (χ2n) is 6.26. The summed E-state index contributed by atoms with van der Waals surface area (Å²) in [5, 5.41) is 2.74. The Hall–Kier alpha value is -2.45. The van der Waals surface area contributed by atoms with Crippen LogP contribution in [0.2, 0.25) is 0 Å². The van der Waals surface area contributed by atoms with Crippen LogP contribution in [0.3, 0.4) is 0 Å². The van der Waals surface area contributed by atoms with Crippen molar-refractivity contribution >= 4 is 21.6 Å². The summed E-state index contributed by atoms with van der Waals surface area (Å²) in [5.74, 6) is -0.259. The van der Waals surface area contributed by atoms with Gasteiger partial charge in [0.1, 0.15) is 11.6 Å². The zero-order chi connectivity index (χ0) is 19.4. The molecular weight excluding hydrogens is 371 g/mol. The van der Waals surface area contributed by atoms with Crippen LogP contribution in [0.4, 0.5) is 10.1 Å². The normalized spacial score (nSPS) is 14.4. The van der Waals surface area contributed by atoms with Gasteiger partial charge in [0.2, 0.25) is 10.0 Å². The number of halogens is 1. The molecule has 144 valence electrons. The minimum absolute atomic E-state index is 0.0689. The molecule has 0 spiro atoms. The second-order valence-corrected chi connectivity index (χ2v) is 8.52. The Labute approximate surface area is 158 Å². The predicted octanol–water partition coefficient (Wildman–Crippen LogP) is 2.55. The molecular formula is C19H21FN2O4S. The average Bonchev–Trinajstić information content (AvgIpc) is 2.67. The SMILES string of the molecule is CCS(=O)(=O)N1CCc2ccc(NC(=O)COc3ccc(F)cc3)cc2C1. The molecule has 0 aromatic heterocycles. The standard InChI is InChI=1S/C19H21FN2O4S/c1-2-27(24,25)22-10-9-14-3-6-17(11-15(14)12-22)21-19(23)13-26-18-7-4-16(20)5-8-18/h3-8,11H,2,9-10,12-13H2,1H3,(H,21,23). The van der Waals surface area contributed by atoms with Gasteiger partial charge in [0.05, 0.1) is 5.75 Å². The van der Waals surface area contributed by atoms with E-state index in [2.05, 4.69) is 5.32 Å². The first-order valence-electron chi connectivity index (χ1n) is 8.65. The highest BCUT2D eigenvalue weighted by atomic mass is 32.2. The van der Waals surface area contributed by atoms with Crippen molar-refractivity contribution in [3.63, 3.8) is 0 Å². The van der Waals surface area contributed by atoms with Crippen LogP contribution in [0.1, 0.15) is 18.1 Å². The summed E-state index contributed by atoms with van der Waals surface area (Å²) in [6, 6.07) is 10.9. The molecule has 0 fully saturated rings. The topological polar surface area (TPSA) is 75.7 Å². The van der Waals surface area contributed by atoms with Gasteiger partial charge in [-0.2, -0.15) is 4.31 Å². The number of hydrogen-bond acceptors (Lipinski definition) is 4. The smallest absolute Gasteiger partial charge is 0.262 e. The van der Waals surface area contributed by atoms with Gasteiger partial charge in [-0.1, -0.05) is 6.07 Å². The van der Waals surface area contributed by atoms with Crippen LogP contribution in [-0.2, 0) is 27.8 Å². The van der Waals surface area contributed by atoms with E-state index >= 15 is 0 Å². The molecule has 0 saturated carbocycles. The Bertz CT molecular complexity index is 929. The number of ether oxygens (including phenoxy) is 1. The monoisotopic (exact) mass is 392 g/mol. The number of carbonyl (C=O) groups is 1. The summed E-state index contributed by atoms with van der Waals surface area (Å²) in [5.41, 5.74) is 2.55. The Balaban J connectivity index is 1.62. The molecule has 1 heterocycles. The molecule has 27 heavy (non-hydrogen) atoms. The summed E-state index contributed by atoms with van der Waals surface area (Å²) < 4.78 is 43.8. The third kappa shape index (κ3) is 4.84. The summed E-state index contributed by atoms with van der Waals surface area (Å²) >= 11 is 0. The lowest BCUT2D eigenvalue weighted by Gasteiger charge is -2.28. The number of benzene rings is 2. The van der Waals surface area contributed by atoms with Crippen molar-refractivity contribution in [1.29, 1.82) is 0 Å². The second kappa shape index (κ2) is 8.06. The van der Waals surface area contributed by atoms with E-state index in [9.17, 15) is 17.6 Å². The average molecular weight is 392 g/mol. The molecule has 0 radical (unpaired) electrons. The first-order chi connectivity index (χ1) is 12.9. The zero-order valence-corrected chi connectivity index (χ0v) is 15.8. The summed E-state index contributed by atoms with van der Waals surface area (Å²) in [4.78, 5) is 12.1. The van der Waals surface area contributed by atoms with Crippen LogP contribution in [0.25, 0.3) is 0 Å². The Kier molecular flexibility index (Phi) is 5.76. The molecule has 0 bridgehead atoms. The number of carbonyl (C=O) groups excluding carboxylic acids is 1. The van der Waals surface area contributed by atoms with Crippen LogP contribution >= 0.6 is 0 Å². The molecule has 1 amide bonds. The number of anilines is 1. The minimum atomic E-state index is -3.24. The minimum Gasteiger partial charge on any atom is -0.484 e. The largest absolute Gasteiger partial charge is 0.484 e. The zero-order valence-electron chi connectivity index (χ0n) is 14.9. The fourth-order valence-corrected chi connectivity index (χ4v) is 3.98. The molecule has 0 unspecified atom stereocenters. The maximum absolute atomic E-state index is 12.9. The summed E-state index contributed by atoms with van der Waals surface area (Å²) in [6.07, 6.45) is 0.649. The molecule has 8 heteroatoms. The Morgan fingerprint density at radius 2 is 1.93 bits per heavy atom. The summed E-state index contributed by atoms with van der Waals surface area (Å²) in [6.45, 7) is 2.20. The lowest BCUT2D eigenvalue weighted by molar-refractivity contribution is -0.118. The van der Waals surface area contributed by atoms with E-state index in [1.54, 1.807) is 19.1 Å². The van der Waals surface area contributed by atoms with E-state index in [-0.39, 0.29) is 24.1 Å². The van der Waals surface area contributed by atoms with Gasteiger partial charge in [-0.3, -0.25) is 4.79 Å². The van der Waals surface area contributed by atoms with Crippen molar-refractivity contribution in [3.05, 3.63) is 59.4 Å². The number of sulfonamides is 1. The van der Waals surface area contributed by atoms with Crippen molar-refractivity contribution in [3.8, 4) is 5.75 Å². The van der Waals surface area contributed by atoms with Crippen molar-refractivity contribution in [2.75, 3.05) is 24.2 Å². The van der Waals surface area contributed by atoms with E-state index < -0.39 is 10.0 Å². The van der Waals surface area contributed by atoms with Gasteiger partial charge in [0.15, 0.2) is 6.61 Å². The molecule has 0 atom stereocenters. The molecule has 1 aliphatic rings. The van der Waals surface area contributed by atoms with Gasteiger partial charge in [-0.25, -0.2) is 12.8 Å². The van der Waals surface area contributed by atoms with Crippen LogP contribution in [0, 0.1) is 5.82 Å². The number of amides is 1. The molecule has 3 rings (SSSR count). The maximum atomic E-state index is 12.9. The van der Waals surface area contributed by atoms with Crippen molar-refractivity contribution in [2.45, 2.75) is 19.9 Å². The fourth-order valence-electron chi connectivity index (χ4n) is 2.91. The van der Waals surface area contributed by atoms with Gasteiger partial charge >= 0.3 is 0 Å². The lowest BCUT2D eigenvalue weighted by Crippen LogP contribution is -2.36. The van der Waals surface area contributed by atoms with E-state index in [1.165, 1.54) is 28.6 Å². The molecule has 1 N–H and O–H groups in total. The number of nitrogens with zero attached hydrogens (tertiary/aromatic N) is 1. The first-order valence-corrected chi connectivity index (χ1v) is 10.3. The van der Waals surface area contributed by atoms with Crippen molar-refractivity contribution < 1.29 is 22.3 Å². The van der Waals surface area contributed by atoms with E-state index in [1.807, 2.05) is 6.07 Å². The van der Waals surface area contributed by atoms with Gasteiger partial charge in [-0.05, 0) is 60.9 Å². The fraction of sp³-hybridized carbons (Fsp3) is 0.316. The first kappa shape index (κ1) is 19.3. The van der Waals surface area contributed by atoms with Crippen LogP contribution in [0.5, 0.6) is 5.75 Å². The molecule has 0 aliphatic carbocycles. The summed E-state index contributed by atoms with van der Waals surface area (Å²) in [7, 11) is -3.24. The maximum Gasteiger partial charge on any atom is 0.262 e. The third-order valence-electron chi connectivity index (χ3n) is 4.41. The molecule has 2 aromatic rings. The van der Waals surface area contributed by atoms with E-state index in [4.69, 9.17) is 4.74 Å². The van der Waals surface area contributed by atoms with Crippen LogP contribution < -0.4 is 10.1 Å². The van der Waals surface area contributed by atoms with Crippen molar-refractivity contribution in [2.24, 2.45) is 0 Å². The predicted molar refractivity (Wildman–Crippen MR) is 101 cm³/mol. The van der Waals surface area contributed by atoms with Crippen LogP contribution in [0.15, 0.2) is 42.5 Å². The number of rotatable bonds is 6.